The van der Waals surface area contributed by atoms with E-state index in [1.807, 2.05) is 41.5 Å². The summed E-state index contributed by atoms with van der Waals surface area (Å²) >= 11 is 0. The van der Waals surface area contributed by atoms with Crippen LogP contribution in [0, 0.1) is 12.8 Å². The smallest absolute Gasteiger partial charge is 0.00980 e. The van der Waals surface area contributed by atoms with Crippen LogP contribution in [0.4, 0.5) is 0 Å². The Balaban J connectivity index is 0.00000208. The van der Waals surface area contributed by atoms with Crippen molar-refractivity contribution in [2.75, 3.05) is 0 Å². The predicted molar refractivity (Wildman–Crippen MR) is 194 cm³/mol. The summed E-state index contributed by atoms with van der Waals surface area (Å²) in [5.41, 5.74) is 13.0. The SMILES string of the molecule is C.C=C1c2ccc(Cc3ccc(C4CCCC[C@H]4CC)cc3)cc2CCC1c1c(C)cccc1CC.CC.CC.CC.[HH]. The van der Waals surface area contributed by atoms with Crippen molar-refractivity contribution < 1.29 is 1.43 Å². The van der Waals surface area contributed by atoms with Gasteiger partial charge in [0.1, 0.15) is 0 Å². The molecule has 3 aromatic rings. The van der Waals surface area contributed by atoms with Crippen molar-refractivity contribution in [3.05, 3.63) is 112 Å². The molecule has 2 aliphatic carbocycles. The van der Waals surface area contributed by atoms with Crippen LogP contribution in [-0.2, 0) is 19.3 Å². The fourth-order valence-corrected chi connectivity index (χ4v) is 7.06. The van der Waals surface area contributed by atoms with Gasteiger partial charge in [0, 0.05) is 7.34 Å². The van der Waals surface area contributed by atoms with Crippen LogP contribution < -0.4 is 0 Å². The molecule has 42 heavy (non-hydrogen) atoms. The number of rotatable bonds is 6. The van der Waals surface area contributed by atoms with Crippen molar-refractivity contribution in [1.29, 1.82) is 0 Å². The molecule has 234 valence electrons. The molecule has 0 nitrogen and oxygen atoms in total. The lowest BCUT2D eigenvalue weighted by Crippen LogP contribution is -2.17. The topological polar surface area (TPSA) is 0 Å². The zero-order valence-electron chi connectivity index (χ0n) is 28.1. The molecule has 0 aromatic heterocycles. The van der Waals surface area contributed by atoms with Gasteiger partial charge in [0.2, 0.25) is 0 Å². The van der Waals surface area contributed by atoms with Crippen LogP contribution in [0.25, 0.3) is 5.57 Å². The number of allylic oxidation sites excluding steroid dienone is 1. The second kappa shape index (κ2) is 19.6. The fraction of sp³-hybridized carbons (Fsp3) is 0.524. The second-order valence-corrected chi connectivity index (χ2v) is 11.1. The Hall–Kier alpha value is -2.60. The molecule has 0 saturated heterocycles. The lowest BCUT2D eigenvalue weighted by Gasteiger charge is -2.31. The summed E-state index contributed by atoms with van der Waals surface area (Å²) in [6.45, 7) is 23.5. The van der Waals surface area contributed by atoms with Crippen molar-refractivity contribution in [1.82, 2.24) is 0 Å². The molecule has 0 aliphatic heterocycles. The molecule has 5 rings (SSSR count). The summed E-state index contributed by atoms with van der Waals surface area (Å²) in [5.74, 6) is 2.09. The Bertz CT molecular complexity index is 1190. The van der Waals surface area contributed by atoms with E-state index in [9.17, 15) is 0 Å². The Labute approximate surface area is 263 Å². The highest BCUT2D eigenvalue weighted by atomic mass is 14.3. The van der Waals surface area contributed by atoms with E-state index >= 15 is 0 Å². The van der Waals surface area contributed by atoms with Gasteiger partial charge in [0.15, 0.2) is 0 Å². The second-order valence-electron chi connectivity index (χ2n) is 11.1. The quantitative estimate of drug-likeness (QED) is 0.276. The lowest BCUT2D eigenvalue weighted by atomic mass is 9.73. The molecule has 3 aromatic carbocycles. The molecule has 1 fully saturated rings. The molecule has 0 heteroatoms. The predicted octanol–water partition coefficient (Wildman–Crippen LogP) is 13.5. The van der Waals surface area contributed by atoms with Crippen LogP contribution in [0.5, 0.6) is 0 Å². The van der Waals surface area contributed by atoms with Gasteiger partial charge in [-0.05, 0) is 107 Å². The maximum absolute atomic E-state index is 4.61. The van der Waals surface area contributed by atoms with Gasteiger partial charge < -0.3 is 0 Å². The van der Waals surface area contributed by atoms with E-state index in [1.54, 1.807) is 5.56 Å². The largest absolute Gasteiger partial charge is 0.0946 e. The minimum atomic E-state index is 0. The Kier molecular flexibility index (Phi) is 17.4. The maximum Gasteiger partial charge on any atom is 0.00980 e. The van der Waals surface area contributed by atoms with Crippen molar-refractivity contribution >= 4 is 5.57 Å². The monoisotopic (exact) mass is 571 g/mol. The molecule has 0 bridgehead atoms. The third kappa shape index (κ3) is 8.95. The third-order valence-electron chi connectivity index (χ3n) is 9.03. The van der Waals surface area contributed by atoms with Gasteiger partial charge in [-0.1, -0.05) is 149 Å². The molecular weight excluding hydrogens is 504 g/mol. The lowest BCUT2D eigenvalue weighted by molar-refractivity contribution is 0.299. The molecular formula is C42H66. The maximum atomic E-state index is 4.61. The fourth-order valence-electron chi connectivity index (χ4n) is 7.06. The zero-order valence-corrected chi connectivity index (χ0v) is 28.1. The van der Waals surface area contributed by atoms with E-state index in [1.165, 1.54) is 83.0 Å². The van der Waals surface area contributed by atoms with Gasteiger partial charge in [-0.25, -0.2) is 0 Å². The molecule has 0 heterocycles. The molecule has 0 N–H and O–H groups in total. The molecule has 1 saturated carbocycles. The minimum absolute atomic E-state index is 0. The van der Waals surface area contributed by atoms with Gasteiger partial charge in [0.25, 0.3) is 0 Å². The Morgan fingerprint density at radius 2 is 1.43 bits per heavy atom. The van der Waals surface area contributed by atoms with E-state index in [4.69, 9.17) is 0 Å². The van der Waals surface area contributed by atoms with Gasteiger partial charge >= 0.3 is 0 Å². The summed E-state index contributed by atoms with van der Waals surface area (Å²) in [6.07, 6.45) is 11.3. The first kappa shape index (κ1) is 37.4. The first-order chi connectivity index (χ1) is 20.1. The van der Waals surface area contributed by atoms with Crippen LogP contribution in [0.1, 0.15) is 159 Å². The minimum Gasteiger partial charge on any atom is -0.0946 e. The molecule has 2 aliphatic rings. The van der Waals surface area contributed by atoms with Gasteiger partial charge in [0.05, 0.1) is 0 Å². The average molecular weight is 571 g/mol. The van der Waals surface area contributed by atoms with Crippen molar-refractivity contribution in [3.8, 4) is 0 Å². The standard InChI is InChI=1S/C35H42.3C2H6.CH4.H2/c1-5-28-11-7-8-13-34(28)30-17-14-26(15-18-30)22-27-16-20-32-25(4)33(21-19-31(32)23-27)35-24(3)10-9-12-29(35)6-2;3*1-2;;/h9-10,12,14-18,20,23,28,33-34H,4-8,11,13,19,21-22H2,1-3H3;3*1-2H3;1H4;1H/t28-,33?,34?;;;;;/m1...../s1. The van der Waals surface area contributed by atoms with E-state index in [-0.39, 0.29) is 8.85 Å². The van der Waals surface area contributed by atoms with Gasteiger partial charge in [-0.2, -0.15) is 0 Å². The number of benzene rings is 3. The third-order valence-corrected chi connectivity index (χ3v) is 9.03. The first-order valence-corrected chi connectivity index (χ1v) is 17.1. The highest BCUT2D eigenvalue weighted by molar-refractivity contribution is 5.75. The van der Waals surface area contributed by atoms with E-state index in [0.717, 1.165) is 31.1 Å². The number of hydrogen-bond acceptors (Lipinski definition) is 0. The van der Waals surface area contributed by atoms with Crippen LogP contribution in [0.15, 0.2) is 67.2 Å². The van der Waals surface area contributed by atoms with Gasteiger partial charge in [-0.3, -0.25) is 0 Å². The summed E-state index contributed by atoms with van der Waals surface area (Å²) < 4.78 is 0. The van der Waals surface area contributed by atoms with E-state index in [2.05, 4.69) is 88.0 Å². The van der Waals surface area contributed by atoms with Crippen LogP contribution in [0.3, 0.4) is 0 Å². The molecule has 0 amide bonds. The summed E-state index contributed by atoms with van der Waals surface area (Å²) in [4.78, 5) is 0. The Morgan fingerprint density at radius 3 is 2.07 bits per heavy atom. The highest BCUT2D eigenvalue weighted by Crippen LogP contribution is 2.44. The zero-order chi connectivity index (χ0) is 30.4. The summed E-state index contributed by atoms with van der Waals surface area (Å²) in [6, 6.07) is 23.5. The molecule has 0 radical (unpaired) electrons. The normalized spacial score (nSPS) is 18.9. The summed E-state index contributed by atoms with van der Waals surface area (Å²) in [7, 11) is 0. The van der Waals surface area contributed by atoms with E-state index < -0.39 is 0 Å². The molecule has 0 spiro atoms. The number of hydrogen-bond donors (Lipinski definition) is 0. The number of fused-ring (bicyclic) bond motifs is 1. The van der Waals surface area contributed by atoms with Crippen molar-refractivity contribution in [2.45, 2.75) is 139 Å². The first-order valence-electron chi connectivity index (χ1n) is 17.1. The molecule has 3 atom stereocenters. The van der Waals surface area contributed by atoms with Crippen LogP contribution >= 0.6 is 0 Å². The molecule has 2 unspecified atom stereocenters. The van der Waals surface area contributed by atoms with Crippen LogP contribution in [-0.4, -0.2) is 0 Å². The van der Waals surface area contributed by atoms with E-state index in [0.29, 0.717) is 5.92 Å². The highest BCUT2D eigenvalue weighted by Gasteiger charge is 2.27. The summed E-state index contributed by atoms with van der Waals surface area (Å²) in [5, 5.41) is 0. The van der Waals surface area contributed by atoms with Gasteiger partial charge in [-0.15, -0.1) is 0 Å². The average Bonchev–Trinajstić information content (AvgIpc) is 3.04. The van der Waals surface area contributed by atoms with Crippen LogP contribution in [0.2, 0.25) is 0 Å². The number of aryl methyl sites for hydroxylation is 3. The Morgan fingerprint density at radius 1 is 0.786 bits per heavy atom. The van der Waals surface area contributed by atoms with Crippen molar-refractivity contribution in [2.24, 2.45) is 5.92 Å². The van der Waals surface area contributed by atoms with Crippen molar-refractivity contribution in [3.63, 3.8) is 0 Å².